The first-order chi connectivity index (χ1) is 6.47. The maximum absolute atomic E-state index is 11.5. The molecule has 6 heteroatoms. The maximum atomic E-state index is 11.5. The number of carbonyl (C=O) groups excluding carboxylic acids is 2. The summed E-state index contributed by atoms with van der Waals surface area (Å²) < 4.78 is 0. The van der Waals surface area contributed by atoms with Crippen molar-refractivity contribution in [3.8, 4) is 0 Å². The highest BCUT2D eigenvalue weighted by Gasteiger charge is 2.15. The molecule has 0 fully saturated rings. The molecule has 0 saturated carbocycles. The molecular weight excluding hydrogens is 218 g/mol. The van der Waals surface area contributed by atoms with Crippen LogP contribution >= 0.6 is 12.4 Å². The van der Waals surface area contributed by atoms with Gasteiger partial charge in [-0.05, 0) is 13.0 Å². The monoisotopic (exact) mass is 237 g/mol. The Bertz CT molecular complexity index is 210. The topological polar surface area (TPSA) is 75.4 Å². The fourth-order valence-electron chi connectivity index (χ4n) is 1.15. The highest BCUT2D eigenvalue weighted by Crippen LogP contribution is 1.98. The second kappa shape index (κ2) is 8.49. The van der Waals surface area contributed by atoms with Gasteiger partial charge in [-0.3, -0.25) is 9.59 Å². The Balaban J connectivity index is 0. The molecule has 0 atom stereocenters. The Labute approximate surface area is 96.8 Å². The second-order valence-corrected chi connectivity index (χ2v) is 3.66. The van der Waals surface area contributed by atoms with Gasteiger partial charge in [-0.25, -0.2) is 0 Å². The summed E-state index contributed by atoms with van der Waals surface area (Å²) in [6.45, 7) is 4.77. The van der Waals surface area contributed by atoms with Crippen molar-refractivity contribution in [3.63, 3.8) is 0 Å². The molecule has 0 radical (unpaired) electrons. The average molecular weight is 238 g/mol. The molecule has 0 aromatic carbocycles. The minimum Gasteiger partial charge on any atom is -0.368 e. The Morgan fingerprint density at radius 3 is 2.27 bits per heavy atom. The van der Waals surface area contributed by atoms with Crippen LogP contribution in [0.25, 0.3) is 0 Å². The van der Waals surface area contributed by atoms with Gasteiger partial charge in [-0.2, -0.15) is 0 Å². The van der Waals surface area contributed by atoms with Gasteiger partial charge in [-0.1, -0.05) is 13.8 Å². The summed E-state index contributed by atoms with van der Waals surface area (Å²) in [5, 5.41) is 2.75. The van der Waals surface area contributed by atoms with Crippen molar-refractivity contribution in [1.29, 1.82) is 0 Å². The SMILES string of the molecule is CNCC(=O)N(CC(N)=O)CC(C)C.Cl. The van der Waals surface area contributed by atoms with Crippen LogP contribution in [-0.4, -0.2) is 43.4 Å². The van der Waals surface area contributed by atoms with Crippen molar-refractivity contribution in [2.45, 2.75) is 13.8 Å². The highest BCUT2D eigenvalue weighted by atomic mass is 35.5. The third-order valence-electron chi connectivity index (χ3n) is 1.61. The number of nitrogens with zero attached hydrogens (tertiary/aromatic N) is 1. The van der Waals surface area contributed by atoms with Crippen LogP contribution in [-0.2, 0) is 9.59 Å². The lowest BCUT2D eigenvalue weighted by Crippen LogP contribution is -2.43. The quantitative estimate of drug-likeness (QED) is 0.660. The van der Waals surface area contributed by atoms with Crippen molar-refractivity contribution in [2.75, 3.05) is 26.7 Å². The second-order valence-electron chi connectivity index (χ2n) is 3.66. The van der Waals surface area contributed by atoms with Gasteiger partial charge in [0.15, 0.2) is 0 Å². The molecule has 3 N–H and O–H groups in total. The number of halogens is 1. The van der Waals surface area contributed by atoms with E-state index in [0.717, 1.165) is 0 Å². The summed E-state index contributed by atoms with van der Waals surface area (Å²) in [5.41, 5.74) is 5.05. The number of carbonyl (C=O) groups is 2. The van der Waals surface area contributed by atoms with Gasteiger partial charge in [-0.15, -0.1) is 12.4 Å². The summed E-state index contributed by atoms with van der Waals surface area (Å²) in [7, 11) is 1.69. The van der Waals surface area contributed by atoms with E-state index in [1.165, 1.54) is 4.90 Å². The molecule has 0 aromatic rings. The number of amides is 2. The predicted octanol–water partition coefficient (Wildman–Crippen LogP) is -0.402. The molecule has 0 aliphatic carbocycles. The Morgan fingerprint density at radius 1 is 1.40 bits per heavy atom. The normalized spacial score (nSPS) is 9.60. The number of hydrogen-bond acceptors (Lipinski definition) is 3. The zero-order valence-corrected chi connectivity index (χ0v) is 10.3. The van der Waals surface area contributed by atoms with E-state index in [2.05, 4.69) is 5.32 Å². The molecule has 0 rings (SSSR count). The fourth-order valence-corrected chi connectivity index (χ4v) is 1.15. The Morgan fingerprint density at radius 2 is 1.93 bits per heavy atom. The molecule has 5 nitrogen and oxygen atoms in total. The zero-order valence-electron chi connectivity index (χ0n) is 9.45. The van der Waals surface area contributed by atoms with Gasteiger partial charge in [0.05, 0.1) is 13.1 Å². The number of primary amides is 1. The molecular formula is C9H20ClN3O2. The Hall–Kier alpha value is -0.810. The van der Waals surface area contributed by atoms with E-state index < -0.39 is 5.91 Å². The van der Waals surface area contributed by atoms with E-state index in [1.807, 2.05) is 13.8 Å². The standard InChI is InChI=1S/C9H19N3O2.ClH/c1-7(2)5-12(6-8(10)13)9(14)4-11-3;/h7,11H,4-6H2,1-3H3,(H2,10,13);1H. The summed E-state index contributed by atoms with van der Waals surface area (Å²) >= 11 is 0. The lowest BCUT2D eigenvalue weighted by Gasteiger charge is -2.22. The Kier molecular flexibility index (Phi) is 9.41. The van der Waals surface area contributed by atoms with Crippen LogP contribution in [0.1, 0.15) is 13.8 Å². The van der Waals surface area contributed by atoms with E-state index in [-0.39, 0.29) is 31.4 Å². The first-order valence-corrected chi connectivity index (χ1v) is 4.68. The fraction of sp³-hybridized carbons (Fsp3) is 0.778. The van der Waals surface area contributed by atoms with Crippen molar-refractivity contribution in [2.24, 2.45) is 11.7 Å². The molecule has 90 valence electrons. The van der Waals surface area contributed by atoms with E-state index in [9.17, 15) is 9.59 Å². The number of nitrogens with two attached hydrogens (primary N) is 1. The number of likely N-dealkylation sites (N-methyl/N-ethyl adjacent to an activating group) is 1. The van der Waals surface area contributed by atoms with E-state index >= 15 is 0 Å². The molecule has 0 saturated heterocycles. The predicted molar refractivity (Wildman–Crippen MR) is 61.8 cm³/mol. The van der Waals surface area contributed by atoms with E-state index in [4.69, 9.17) is 5.73 Å². The highest BCUT2D eigenvalue weighted by molar-refractivity contribution is 5.85. The number of rotatable bonds is 6. The molecule has 2 amide bonds. The van der Waals surface area contributed by atoms with Crippen LogP contribution in [0, 0.1) is 5.92 Å². The number of nitrogens with one attached hydrogen (secondary N) is 1. The maximum Gasteiger partial charge on any atom is 0.237 e. The van der Waals surface area contributed by atoms with Crippen LogP contribution in [0.3, 0.4) is 0 Å². The smallest absolute Gasteiger partial charge is 0.237 e. The summed E-state index contributed by atoms with van der Waals surface area (Å²) in [6.07, 6.45) is 0. The minimum atomic E-state index is -0.477. The van der Waals surface area contributed by atoms with Crippen LogP contribution in [0.2, 0.25) is 0 Å². The molecule has 0 unspecified atom stereocenters. The van der Waals surface area contributed by atoms with Crippen molar-refractivity contribution in [1.82, 2.24) is 10.2 Å². The molecule has 0 aromatic heterocycles. The zero-order chi connectivity index (χ0) is 11.1. The first kappa shape index (κ1) is 16.6. The van der Waals surface area contributed by atoms with Crippen LogP contribution in [0.15, 0.2) is 0 Å². The third-order valence-corrected chi connectivity index (χ3v) is 1.61. The van der Waals surface area contributed by atoms with Crippen molar-refractivity contribution >= 4 is 24.2 Å². The molecule has 0 heterocycles. The van der Waals surface area contributed by atoms with Gasteiger partial charge in [0.2, 0.25) is 11.8 Å². The van der Waals surface area contributed by atoms with Gasteiger partial charge < -0.3 is 16.0 Å². The first-order valence-electron chi connectivity index (χ1n) is 4.68. The molecule has 0 aliphatic rings. The average Bonchev–Trinajstić information content (AvgIpc) is 2.01. The van der Waals surface area contributed by atoms with Crippen LogP contribution in [0.5, 0.6) is 0 Å². The third kappa shape index (κ3) is 8.20. The summed E-state index contributed by atoms with van der Waals surface area (Å²) in [6, 6.07) is 0. The minimum absolute atomic E-state index is 0. The lowest BCUT2D eigenvalue weighted by atomic mass is 10.2. The van der Waals surface area contributed by atoms with Gasteiger partial charge in [0, 0.05) is 6.54 Å². The van der Waals surface area contributed by atoms with Crippen LogP contribution in [0.4, 0.5) is 0 Å². The molecule has 0 aliphatic heterocycles. The number of hydrogen-bond donors (Lipinski definition) is 2. The van der Waals surface area contributed by atoms with E-state index in [0.29, 0.717) is 12.5 Å². The van der Waals surface area contributed by atoms with Gasteiger partial charge in [0.25, 0.3) is 0 Å². The lowest BCUT2D eigenvalue weighted by molar-refractivity contribution is -0.134. The van der Waals surface area contributed by atoms with Gasteiger partial charge >= 0.3 is 0 Å². The molecule has 15 heavy (non-hydrogen) atoms. The largest absolute Gasteiger partial charge is 0.368 e. The van der Waals surface area contributed by atoms with Gasteiger partial charge in [0.1, 0.15) is 0 Å². The van der Waals surface area contributed by atoms with Crippen molar-refractivity contribution < 1.29 is 9.59 Å². The van der Waals surface area contributed by atoms with E-state index in [1.54, 1.807) is 7.05 Å². The molecule has 0 bridgehead atoms. The van der Waals surface area contributed by atoms with Crippen molar-refractivity contribution in [3.05, 3.63) is 0 Å². The molecule has 0 spiro atoms. The van der Waals surface area contributed by atoms with Crippen LogP contribution < -0.4 is 11.1 Å². The summed E-state index contributed by atoms with van der Waals surface area (Å²) in [4.78, 5) is 23.7. The summed E-state index contributed by atoms with van der Waals surface area (Å²) in [5.74, 6) is -0.245.